The van der Waals surface area contributed by atoms with E-state index in [1.54, 1.807) is 0 Å². The minimum Gasteiger partial charge on any atom is -0.310 e. The summed E-state index contributed by atoms with van der Waals surface area (Å²) in [5, 5.41) is 12.7. The zero-order valence-electron chi connectivity index (χ0n) is 31.3. The number of anilines is 3. The molecule has 0 atom stereocenters. The van der Waals surface area contributed by atoms with Crippen LogP contribution in [0.4, 0.5) is 17.1 Å². The van der Waals surface area contributed by atoms with Gasteiger partial charge in [-0.05, 0) is 148 Å². The summed E-state index contributed by atoms with van der Waals surface area (Å²) in [5.74, 6) is 0. The molecule has 0 saturated carbocycles. The van der Waals surface area contributed by atoms with E-state index >= 15 is 0 Å². The third-order valence-electron chi connectivity index (χ3n) is 11.6. The standard InChI is InChI=1S/C56H37N/c1-3-11-38(12-4-1)40-21-27-48(28-22-40)57(49-29-23-41(24-30-49)39-13-5-2-6-14-39)50-31-25-45-33-44(19-20-46(45)34-50)47-26-32-53-54(37-47)51-17-9-10-18-52(51)55-35-42-15-7-8-16-43(42)36-56(53)55/h1-37H. The summed E-state index contributed by atoms with van der Waals surface area (Å²) >= 11 is 0. The Morgan fingerprint density at radius 2 is 0.561 bits per heavy atom. The predicted octanol–water partition coefficient (Wildman–Crippen LogP) is 15.9. The molecule has 0 radical (unpaired) electrons. The molecule has 0 saturated heterocycles. The van der Waals surface area contributed by atoms with Crippen molar-refractivity contribution in [3.8, 4) is 33.4 Å². The normalized spacial score (nSPS) is 11.5. The van der Waals surface area contributed by atoms with Crippen LogP contribution in [0.25, 0.3) is 87.2 Å². The van der Waals surface area contributed by atoms with Gasteiger partial charge in [-0.1, -0.05) is 164 Å². The van der Waals surface area contributed by atoms with Gasteiger partial charge in [0.05, 0.1) is 0 Å². The SMILES string of the molecule is c1ccc(-c2ccc(N(c3ccc(-c4ccccc4)cc3)c3ccc4cc(-c5ccc6c(c5)c5ccccc5c5cc7ccccc7cc65)ccc4c3)cc2)cc1. The summed E-state index contributed by atoms with van der Waals surface area (Å²) in [7, 11) is 0. The van der Waals surface area contributed by atoms with Gasteiger partial charge in [-0.25, -0.2) is 0 Å². The van der Waals surface area contributed by atoms with Crippen LogP contribution in [0, 0.1) is 0 Å². The zero-order chi connectivity index (χ0) is 37.7. The molecule has 0 fully saturated rings. The van der Waals surface area contributed by atoms with Gasteiger partial charge in [-0.15, -0.1) is 0 Å². The highest BCUT2D eigenvalue weighted by atomic mass is 15.1. The van der Waals surface area contributed by atoms with Crippen molar-refractivity contribution in [2.75, 3.05) is 4.90 Å². The summed E-state index contributed by atoms with van der Waals surface area (Å²) in [5.41, 5.74) is 10.6. The second kappa shape index (κ2) is 13.7. The summed E-state index contributed by atoms with van der Waals surface area (Å²) in [6.45, 7) is 0. The van der Waals surface area contributed by atoms with Crippen LogP contribution >= 0.6 is 0 Å². The molecular weight excluding hydrogens is 687 g/mol. The predicted molar refractivity (Wildman–Crippen MR) is 245 cm³/mol. The molecule has 0 amide bonds. The van der Waals surface area contributed by atoms with Gasteiger partial charge in [0.15, 0.2) is 0 Å². The Morgan fingerprint density at radius 3 is 1.14 bits per heavy atom. The molecule has 266 valence electrons. The Morgan fingerprint density at radius 1 is 0.193 bits per heavy atom. The van der Waals surface area contributed by atoms with E-state index in [0.717, 1.165) is 17.1 Å². The monoisotopic (exact) mass is 723 g/mol. The Balaban J connectivity index is 0.994. The molecule has 0 bridgehead atoms. The van der Waals surface area contributed by atoms with Crippen LogP contribution < -0.4 is 4.90 Å². The Bertz CT molecular complexity index is 3170. The summed E-state index contributed by atoms with van der Waals surface area (Å²) < 4.78 is 0. The molecule has 0 heterocycles. The lowest BCUT2D eigenvalue weighted by molar-refractivity contribution is 1.29. The van der Waals surface area contributed by atoms with Gasteiger partial charge < -0.3 is 4.90 Å². The van der Waals surface area contributed by atoms with E-state index in [1.165, 1.54) is 87.2 Å². The van der Waals surface area contributed by atoms with Crippen LogP contribution in [0.3, 0.4) is 0 Å². The largest absolute Gasteiger partial charge is 0.310 e. The fourth-order valence-electron chi connectivity index (χ4n) is 8.69. The molecule has 11 rings (SSSR count). The molecule has 1 nitrogen and oxygen atoms in total. The van der Waals surface area contributed by atoms with E-state index in [9.17, 15) is 0 Å². The Hall–Kier alpha value is -7.48. The average Bonchev–Trinajstić information content (AvgIpc) is 3.29. The number of rotatable bonds is 6. The lowest BCUT2D eigenvalue weighted by Crippen LogP contribution is -2.09. The van der Waals surface area contributed by atoms with Crippen LogP contribution in [0.1, 0.15) is 0 Å². The average molecular weight is 724 g/mol. The molecule has 0 N–H and O–H groups in total. The lowest BCUT2D eigenvalue weighted by atomic mass is 9.90. The summed E-state index contributed by atoms with van der Waals surface area (Å²) in [4.78, 5) is 2.36. The molecule has 11 aromatic carbocycles. The van der Waals surface area contributed by atoms with Crippen LogP contribution in [0.5, 0.6) is 0 Å². The molecule has 57 heavy (non-hydrogen) atoms. The first-order chi connectivity index (χ1) is 28.2. The van der Waals surface area contributed by atoms with Gasteiger partial charge in [-0.3, -0.25) is 0 Å². The number of hydrogen-bond donors (Lipinski definition) is 0. The first-order valence-corrected chi connectivity index (χ1v) is 19.7. The van der Waals surface area contributed by atoms with Gasteiger partial charge in [0.1, 0.15) is 0 Å². The Kier molecular flexibility index (Phi) is 7.89. The molecule has 0 unspecified atom stereocenters. The highest BCUT2D eigenvalue weighted by Gasteiger charge is 2.16. The van der Waals surface area contributed by atoms with Gasteiger partial charge in [-0.2, -0.15) is 0 Å². The van der Waals surface area contributed by atoms with Crippen molar-refractivity contribution in [2.45, 2.75) is 0 Å². The number of hydrogen-bond acceptors (Lipinski definition) is 1. The molecule has 0 aromatic heterocycles. The quantitative estimate of drug-likeness (QED) is 0.122. The minimum absolute atomic E-state index is 1.11. The third kappa shape index (κ3) is 5.89. The minimum atomic E-state index is 1.11. The highest BCUT2D eigenvalue weighted by molar-refractivity contribution is 6.27. The van der Waals surface area contributed by atoms with Crippen molar-refractivity contribution in [1.82, 2.24) is 0 Å². The second-order valence-corrected chi connectivity index (χ2v) is 15.0. The van der Waals surface area contributed by atoms with Gasteiger partial charge in [0.25, 0.3) is 0 Å². The maximum Gasteiger partial charge on any atom is 0.0468 e. The molecular formula is C56H37N. The molecule has 11 aromatic rings. The smallest absolute Gasteiger partial charge is 0.0468 e. The zero-order valence-corrected chi connectivity index (χ0v) is 31.3. The topological polar surface area (TPSA) is 3.24 Å². The maximum absolute atomic E-state index is 2.39. The number of benzene rings is 11. The highest BCUT2D eigenvalue weighted by Crippen LogP contribution is 2.41. The van der Waals surface area contributed by atoms with Crippen molar-refractivity contribution in [2.24, 2.45) is 0 Å². The fraction of sp³-hybridized carbons (Fsp3) is 0. The Labute approximate surface area is 332 Å². The first kappa shape index (κ1) is 32.9. The van der Waals surface area contributed by atoms with E-state index in [2.05, 4.69) is 229 Å². The van der Waals surface area contributed by atoms with E-state index in [4.69, 9.17) is 0 Å². The van der Waals surface area contributed by atoms with E-state index in [1.807, 2.05) is 0 Å². The maximum atomic E-state index is 2.39. The number of fused-ring (bicyclic) bond motifs is 8. The molecule has 1 heteroatoms. The van der Waals surface area contributed by atoms with Crippen LogP contribution in [0.2, 0.25) is 0 Å². The second-order valence-electron chi connectivity index (χ2n) is 15.0. The molecule has 0 spiro atoms. The van der Waals surface area contributed by atoms with Crippen molar-refractivity contribution in [3.05, 3.63) is 224 Å². The van der Waals surface area contributed by atoms with Gasteiger partial charge in [0, 0.05) is 17.1 Å². The fourth-order valence-corrected chi connectivity index (χ4v) is 8.69. The van der Waals surface area contributed by atoms with E-state index in [0.29, 0.717) is 0 Å². The first-order valence-electron chi connectivity index (χ1n) is 19.7. The van der Waals surface area contributed by atoms with Crippen LogP contribution in [-0.4, -0.2) is 0 Å². The van der Waals surface area contributed by atoms with E-state index < -0.39 is 0 Å². The third-order valence-corrected chi connectivity index (χ3v) is 11.6. The van der Waals surface area contributed by atoms with Crippen molar-refractivity contribution < 1.29 is 0 Å². The van der Waals surface area contributed by atoms with Crippen molar-refractivity contribution in [3.63, 3.8) is 0 Å². The van der Waals surface area contributed by atoms with Crippen molar-refractivity contribution >= 4 is 70.9 Å². The lowest BCUT2D eigenvalue weighted by Gasteiger charge is -2.26. The number of nitrogens with zero attached hydrogens (tertiary/aromatic N) is 1. The molecule has 0 aliphatic rings. The van der Waals surface area contributed by atoms with Gasteiger partial charge in [0.2, 0.25) is 0 Å². The molecule has 0 aliphatic carbocycles. The molecule has 0 aliphatic heterocycles. The van der Waals surface area contributed by atoms with Gasteiger partial charge >= 0.3 is 0 Å². The van der Waals surface area contributed by atoms with Crippen LogP contribution in [-0.2, 0) is 0 Å². The van der Waals surface area contributed by atoms with E-state index in [-0.39, 0.29) is 0 Å². The summed E-state index contributed by atoms with van der Waals surface area (Å²) in [6, 6.07) is 82.0. The summed E-state index contributed by atoms with van der Waals surface area (Å²) in [6.07, 6.45) is 0. The van der Waals surface area contributed by atoms with Crippen LogP contribution in [0.15, 0.2) is 224 Å². The van der Waals surface area contributed by atoms with Crippen molar-refractivity contribution in [1.29, 1.82) is 0 Å².